The van der Waals surface area contributed by atoms with Gasteiger partial charge in [-0.05, 0) is 37.6 Å². The van der Waals surface area contributed by atoms with Gasteiger partial charge in [0.15, 0.2) is 11.5 Å². The lowest BCUT2D eigenvalue weighted by molar-refractivity contribution is 0.180. The fraction of sp³-hybridized carbons (Fsp3) is 0.455. The van der Waals surface area contributed by atoms with Gasteiger partial charge in [-0.3, -0.25) is 0 Å². The van der Waals surface area contributed by atoms with E-state index in [1.807, 2.05) is 44.2 Å². The first-order valence-electron chi connectivity index (χ1n) is 9.80. The molecular formula is C22H31NO6S. The zero-order valence-corrected chi connectivity index (χ0v) is 19.0. The fourth-order valence-corrected chi connectivity index (χ4v) is 3.99. The molecule has 0 saturated carbocycles. The Morgan fingerprint density at radius 2 is 1.63 bits per heavy atom. The van der Waals surface area contributed by atoms with Crippen LogP contribution in [0.25, 0.3) is 0 Å². The highest BCUT2D eigenvalue weighted by atomic mass is 32.2. The summed E-state index contributed by atoms with van der Waals surface area (Å²) in [6.07, 6.45) is 1.22. The maximum Gasteiger partial charge on any atom is 0.161 e. The highest BCUT2D eigenvalue weighted by Gasteiger charge is 2.20. The van der Waals surface area contributed by atoms with Crippen molar-refractivity contribution in [2.45, 2.75) is 26.5 Å². The molecule has 2 aromatic carbocycles. The van der Waals surface area contributed by atoms with Crippen molar-refractivity contribution in [3.8, 4) is 17.2 Å². The van der Waals surface area contributed by atoms with E-state index in [4.69, 9.17) is 18.9 Å². The second-order valence-corrected chi connectivity index (χ2v) is 9.01. The van der Waals surface area contributed by atoms with Crippen molar-refractivity contribution in [2.75, 3.05) is 44.8 Å². The molecule has 0 aliphatic carbocycles. The van der Waals surface area contributed by atoms with E-state index in [1.165, 1.54) is 6.26 Å². The minimum Gasteiger partial charge on any atom is -0.493 e. The molecule has 1 N–H and O–H groups in total. The minimum atomic E-state index is -3.26. The summed E-state index contributed by atoms with van der Waals surface area (Å²) in [7, 11) is -0.0567. The summed E-state index contributed by atoms with van der Waals surface area (Å²) in [6.45, 7) is 5.22. The van der Waals surface area contributed by atoms with Crippen molar-refractivity contribution in [3.63, 3.8) is 0 Å². The van der Waals surface area contributed by atoms with E-state index in [2.05, 4.69) is 5.32 Å². The first kappa shape index (κ1) is 23.8. The highest BCUT2D eigenvalue weighted by Crippen LogP contribution is 2.33. The number of methoxy groups -OCH3 is 2. The van der Waals surface area contributed by atoms with Gasteiger partial charge in [0.2, 0.25) is 0 Å². The average molecular weight is 438 g/mol. The van der Waals surface area contributed by atoms with Crippen LogP contribution in [0.3, 0.4) is 0 Å². The van der Waals surface area contributed by atoms with Gasteiger partial charge in [-0.2, -0.15) is 0 Å². The first-order valence-corrected chi connectivity index (χ1v) is 11.9. The lowest BCUT2D eigenvalue weighted by Crippen LogP contribution is -2.21. The molecular weight excluding hydrogens is 406 g/mol. The molecule has 2 aromatic rings. The van der Waals surface area contributed by atoms with Crippen LogP contribution in [0, 0.1) is 0 Å². The topological polar surface area (TPSA) is 83.1 Å². The van der Waals surface area contributed by atoms with Crippen LogP contribution in [-0.2, 0) is 21.2 Å². The summed E-state index contributed by atoms with van der Waals surface area (Å²) in [5, 5.41) is 3.33. The highest BCUT2D eigenvalue weighted by molar-refractivity contribution is 7.90. The Kier molecular flexibility index (Phi) is 8.80. The summed E-state index contributed by atoms with van der Waals surface area (Å²) in [4.78, 5) is 0. The van der Waals surface area contributed by atoms with Crippen LogP contribution in [0.1, 0.15) is 31.0 Å². The van der Waals surface area contributed by atoms with Crippen LogP contribution in [0.15, 0.2) is 36.4 Å². The normalized spacial score (nSPS) is 12.3. The Balaban J connectivity index is 2.41. The van der Waals surface area contributed by atoms with E-state index in [9.17, 15) is 8.42 Å². The summed E-state index contributed by atoms with van der Waals surface area (Å²) in [6, 6.07) is 10.6. The molecule has 0 heterocycles. The van der Waals surface area contributed by atoms with Crippen LogP contribution >= 0.6 is 0 Å². The van der Waals surface area contributed by atoms with E-state index in [0.29, 0.717) is 37.1 Å². The number of rotatable bonds is 12. The number of benzene rings is 2. The molecule has 0 spiro atoms. The predicted molar refractivity (Wildman–Crippen MR) is 119 cm³/mol. The van der Waals surface area contributed by atoms with Crippen molar-refractivity contribution >= 4 is 15.5 Å². The van der Waals surface area contributed by atoms with Crippen LogP contribution in [0.2, 0.25) is 0 Å². The number of anilines is 1. The third kappa shape index (κ3) is 6.81. The Morgan fingerprint density at radius 3 is 2.23 bits per heavy atom. The lowest BCUT2D eigenvalue weighted by Gasteiger charge is -2.22. The number of hydrogen-bond acceptors (Lipinski definition) is 7. The number of sulfone groups is 1. The van der Waals surface area contributed by atoms with E-state index < -0.39 is 15.9 Å². The van der Waals surface area contributed by atoms with Crippen molar-refractivity contribution < 1.29 is 27.4 Å². The Labute approximate surface area is 179 Å². The zero-order valence-electron chi connectivity index (χ0n) is 18.2. The third-order valence-corrected chi connectivity index (χ3v) is 5.31. The van der Waals surface area contributed by atoms with Gasteiger partial charge >= 0.3 is 0 Å². The molecule has 0 bridgehead atoms. The molecule has 7 nitrogen and oxygen atoms in total. The molecule has 0 fully saturated rings. The van der Waals surface area contributed by atoms with Gasteiger partial charge in [-0.1, -0.05) is 12.1 Å². The maximum atomic E-state index is 12.1. The van der Waals surface area contributed by atoms with Crippen molar-refractivity contribution in [1.82, 2.24) is 0 Å². The monoisotopic (exact) mass is 437 g/mol. The van der Waals surface area contributed by atoms with Gasteiger partial charge in [-0.25, -0.2) is 8.42 Å². The van der Waals surface area contributed by atoms with Crippen molar-refractivity contribution in [1.29, 1.82) is 0 Å². The number of hydrogen-bond donors (Lipinski definition) is 1. The second-order valence-electron chi connectivity index (χ2n) is 6.82. The molecule has 0 aliphatic heterocycles. The third-order valence-electron chi connectivity index (χ3n) is 4.37. The van der Waals surface area contributed by atoms with Gasteiger partial charge in [0.1, 0.15) is 15.6 Å². The zero-order chi connectivity index (χ0) is 22.1. The summed E-state index contributed by atoms with van der Waals surface area (Å²) in [5.41, 5.74) is 2.46. The molecule has 0 aliphatic rings. The molecule has 30 heavy (non-hydrogen) atoms. The lowest BCUT2D eigenvalue weighted by atomic mass is 10.1. The molecule has 1 unspecified atom stereocenters. The molecule has 0 radical (unpaired) electrons. The molecule has 0 amide bonds. The first-order chi connectivity index (χ1) is 14.3. The minimum absolute atomic E-state index is 0.0747. The van der Waals surface area contributed by atoms with Gasteiger partial charge in [0, 0.05) is 30.7 Å². The maximum absolute atomic E-state index is 12.1. The van der Waals surface area contributed by atoms with E-state index >= 15 is 0 Å². The molecule has 1 atom stereocenters. The van der Waals surface area contributed by atoms with Crippen LogP contribution in [-0.4, -0.2) is 47.9 Å². The molecule has 0 saturated heterocycles. The van der Waals surface area contributed by atoms with Gasteiger partial charge in [0.05, 0.1) is 38.7 Å². The summed E-state index contributed by atoms with van der Waals surface area (Å²) < 4.78 is 46.2. The fourth-order valence-electron chi connectivity index (χ4n) is 3.11. The Morgan fingerprint density at radius 1 is 0.933 bits per heavy atom. The molecule has 166 valence electrons. The molecule has 2 rings (SSSR count). The second kappa shape index (κ2) is 11.1. The van der Waals surface area contributed by atoms with Crippen LogP contribution in [0.5, 0.6) is 17.2 Å². The van der Waals surface area contributed by atoms with Gasteiger partial charge < -0.3 is 24.3 Å². The largest absolute Gasteiger partial charge is 0.493 e. The van der Waals surface area contributed by atoms with Crippen LogP contribution in [0.4, 0.5) is 5.69 Å². The Hall–Kier alpha value is -2.45. The predicted octanol–water partition coefficient (Wildman–Crippen LogP) is 3.84. The van der Waals surface area contributed by atoms with E-state index in [0.717, 1.165) is 16.8 Å². The SMILES string of the molecule is CCOc1cc(NC(CS(C)(=O)=O)c2ccc(OC)c(OCC)c2)ccc1COC. The summed E-state index contributed by atoms with van der Waals surface area (Å²) in [5.74, 6) is 1.80. The number of nitrogens with one attached hydrogen (secondary N) is 1. The smallest absolute Gasteiger partial charge is 0.161 e. The summed E-state index contributed by atoms with van der Waals surface area (Å²) >= 11 is 0. The van der Waals surface area contributed by atoms with Gasteiger partial charge in [0.25, 0.3) is 0 Å². The van der Waals surface area contributed by atoms with E-state index in [-0.39, 0.29) is 5.75 Å². The van der Waals surface area contributed by atoms with Crippen molar-refractivity contribution in [2.24, 2.45) is 0 Å². The molecule has 0 aromatic heterocycles. The van der Waals surface area contributed by atoms with Crippen molar-refractivity contribution in [3.05, 3.63) is 47.5 Å². The standard InChI is InChI=1S/C22H31NO6S/c1-6-28-21-13-18(10-8-17(21)14-26-3)23-19(15-30(5,24)25)16-9-11-20(27-4)22(12-16)29-7-2/h8-13,19,23H,6-7,14-15H2,1-5H3. The molecule has 8 heteroatoms. The van der Waals surface area contributed by atoms with Gasteiger partial charge in [-0.15, -0.1) is 0 Å². The van der Waals surface area contributed by atoms with Crippen LogP contribution < -0.4 is 19.5 Å². The average Bonchev–Trinajstić information content (AvgIpc) is 2.69. The number of ether oxygens (including phenoxy) is 4. The Bertz CT molecular complexity index is 929. The quantitative estimate of drug-likeness (QED) is 0.540. The van der Waals surface area contributed by atoms with E-state index in [1.54, 1.807) is 20.3 Å².